The second-order valence-electron chi connectivity index (χ2n) is 6.08. The SMILES string of the molecule is COc1cc2ncn(CC(=O)Nc3ccc(C(C)=O)cc3)c(=O)c2cc1OC. The van der Waals surface area contributed by atoms with Crippen LogP contribution in [0.4, 0.5) is 5.69 Å². The molecule has 0 aliphatic heterocycles. The summed E-state index contributed by atoms with van der Waals surface area (Å²) < 4.78 is 11.6. The summed E-state index contributed by atoms with van der Waals surface area (Å²) in [7, 11) is 2.97. The van der Waals surface area contributed by atoms with Gasteiger partial charge in [-0.1, -0.05) is 0 Å². The number of anilines is 1. The van der Waals surface area contributed by atoms with Gasteiger partial charge in [-0.25, -0.2) is 4.98 Å². The summed E-state index contributed by atoms with van der Waals surface area (Å²) in [5.41, 5.74) is 1.16. The van der Waals surface area contributed by atoms with Crippen LogP contribution < -0.4 is 20.3 Å². The average Bonchev–Trinajstić information content (AvgIpc) is 2.69. The van der Waals surface area contributed by atoms with Gasteiger partial charge in [-0.3, -0.25) is 19.0 Å². The molecule has 1 heterocycles. The van der Waals surface area contributed by atoms with E-state index in [1.54, 1.807) is 36.4 Å². The first-order valence-electron chi connectivity index (χ1n) is 8.45. The number of nitrogens with zero attached hydrogens (tertiary/aromatic N) is 2. The van der Waals surface area contributed by atoms with E-state index in [0.29, 0.717) is 33.7 Å². The van der Waals surface area contributed by atoms with Gasteiger partial charge in [0.15, 0.2) is 17.3 Å². The van der Waals surface area contributed by atoms with Crippen LogP contribution in [0.3, 0.4) is 0 Å². The highest BCUT2D eigenvalue weighted by atomic mass is 16.5. The van der Waals surface area contributed by atoms with Crippen molar-refractivity contribution in [2.75, 3.05) is 19.5 Å². The maximum Gasteiger partial charge on any atom is 0.261 e. The third-order valence-corrected chi connectivity index (χ3v) is 4.22. The first-order chi connectivity index (χ1) is 13.4. The molecule has 0 fully saturated rings. The molecule has 2 aromatic carbocycles. The number of Topliss-reactive ketones (excluding diaryl/α,β-unsaturated/α-hetero) is 1. The monoisotopic (exact) mass is 381 g/mol. The first kappa shape index (κ1) is 19.1. The van der Waals surface area contributed by atoms with E-state index in [-0.39, 0.29) is 23.8 Å². The number of aromatic nitrogens is 2. The topological polar surface area (TPSA) is 99.5 Å². The minimum Gasteiger partial charge on any atom is -0.493 e. The Balaban J connectivity index is 1.83. The van der Waals surface area contributed by atoms with Gasteiger partial charge in [0.25, 0.3) is 5.56 Å². The van der Waals surface area contributed by atoms with Crippen molar-refractivity contribution in [2.24, 2.45) is 0 Å². The van der Waals surface area contributed by atoms with E-state index in [0.717, 1.165) is 0 Å². The molecule has 1 amide bonds. The highest BCUT2D eigenvalue weighted by Crippen LogP contribution is 2.29. The Kier molecular flexibility index (Phi) is 5.39. The summed E-state index contributed by atoms with van der Waals surface area (Å²) in [6.07, 6.45) is 1.31. The van der Waals surface area contributed by atoms with Crippen LogP contribution in [0.1, 0.15) is 17.3 Å². The minimum absolute atomic E-state index is 0.0567. The molecule has 8 nitrogen and oxygen atoms in total. The van der Waals surface area contributed by atoms with E-state index in [4.69, 9.17) is 9.47 Å². The maximum atomic E-state index is 12.7. The first-order valence-corrected chi connectivity index (χ1v) is 8.45. The molecule has 3 rings (SSSR count). The van der Waals surface area contributed by atoms with Gasteiger partial charge >= 0.3 is 0 Å². The summed E-state index contributed by atoms with van der Waals surface area (Å²) in [5.74, 6) is 0.422. The lowest BCUT2D eigenvalue weighted by molar-refractivity contribution is -0.116. The fraction of sp³-hybridized carbons (Fsp3) is 0.200. The van der Waals surface area contributed by atoms with Crippen LogP contribution in [-0.4, -0.2) is 35.5 Å². The summed E-state index contributed by atoms with van der Waals surface area (Å²) >= 11 is 0. The number of ether oxygens (including phenoxy) is 2. The Labute approximate surface area is 160 Å². The van der Waals surface area contributed by atoms with Gasteiger partial charge in [0.1, 0.15) is 6.54 Å². The number of carbonyl (C=O) groups is 2. The Hall–Kier alpha value is -3.68. The van der Waals surface area contributed by atoms with E-state index in [1.807, 2.05) is 0 Å². The van der Waals surface area contributed by atoms with Crippen molar-refractivity contribution in [2.45, 2.75) is 13.5 Å². The third-order valence-electron chi connectivity index (χ3n) is 4.22. The molecular formula is C20H19N3O5. The summed E-state index contributed by atoms with van der Waals surface area (Å²) in [6.45, 7) is 1.27. The molecular weight excluding hydrogens is 362 g/mol. The lowest BCUT2D eigenvalue weighted by Crippen LogP contribution is -2.28. The molecule has 1 N–H and O–H groups in total. The number of amides is 1. The van der Waals surface area contributed by atoms with Crippen molar-refractivity contribution in [1.29, 1.82) is 0 Å². The molecule has 0 spiro atoms. The minimum atomic E-state index is -0.390. The maximum absolute atomic E-state index is 12.7. The van der Waals surface area contributed by atoms with Crippen molar-refractivity contribution in [1.82, 2.24) is 9.55 Å². The lowest BCUT2D eigenvalue weighted by Gasteiger charge is -2.11. The zero-order chi connectivity index (χ0) is 20.3. The van der Waals surface area contributed by atoms with Crippen LogP contribution in [0, 0.1) is 0 Å². The van der Waals surface area contributed by atoms with Gasteiger partial charge in [0, 0.05) is 17.3 Å². The predicted octanol–water partition coefficient (Wildman–Crippen LogP) is 2.25. The van der Waals surface area contributed by atoms with Crippen LogP contribution in [-0.2, 0) is 11.3 Å². The smallest absolute Gasteiger partial charge is 0.261 e. The second kappa shape index (κ2) is 7.91. The van der Waals surface area contributed by atoms with Crippen LogP contribution in [0.5, 0.6) is 11.5 Å². The number of carbonyl (C=O) groups excluding carboxylic acids is 2. The van der Waals surface area contributed by atoms with E-state index in [9.17, 15) is 14.4 Å². The molecule has 144 valence electrons. The Morgan fingerprint density at radius 3 is 2.32 bits per heavy atom. The van der Waals surface area contributed by atoms with Crippen molar-refractivity contribution >= 4 is 28.3 Å². The Morgan fingerprint density at radius 1 is 1.07 bits per heavy atom. The third kappa shape index (κ3) is 3.85. The molecule has 8 heteroatoms. The van der Waals surface area contributed by atoms with Crippen molar-refractivity contribution < 1.29 is 19.1 Å². The molecule has 3 aromatic rings. The molecule has 0 saturated heterocycles. The van der Waals surface area contributed by atoms with Gasteiger partial charge in [0.2, 0.25) is 5.91 Å². The number of hydrogen-bond donors (Lipinski definition) is 1. The second-order valence-corrected chi connectivity index (χ2v) is 6.08. The number of hydrogen-bond acceptors (Lipinski definition) is 6. The fourth-order valence-corrected chi connectivity index (χ4v) is 2.74. The molecule has 0 aliphatic carbocycles. The van der Waals surface area contributed by atoms with E-state index >= 15 is 0 Å². The molecule has 0 unspecified atom stereocenters. The molecule has 0 saturated carbocycles. The zero-order valence-corrected chi connectivity index (χ0v) is 15.7. The summed E-state index contributed by atoms with van der Waals surface area (Å²) in [5, 5.41) is 3.01. The highest BCUT2D eigenvalue weighted by Gasteiger charge is 2.13. The number of benzene rings is 2. The summed E-state index contributed by atoms with van der Waals surface area (Å²) in [6, 6.07) is 9.66. The van der Waals surface area contributed by atoms with E-state index in [1.165, 1.54) is 32.0 Å². The highest BCUT2D eigenvalue weighted by molar-refractivity contribution is 5.95. The van der Waals surface area contributed by atoms with E-state index < -0.39 is 0 Å². The van der Waals surface area contributed by atoms with Crippen molar-refractivity contribution in [3.63, 3.8) is 0 Å². The van der Waals surface area contributed by atoms with Crippen LogP contribution >= 0.6 is 0 Å². The molecule has 0 aliphatic rings. The van der Waals surface area contributed by atoms with Crippen LogP contribution in [0.2, 0.25) is 0 Å². The van der Waals surface area contributed by atoms with Gasteiger partial charge in [-0.05, 0) is 37.3 Å². The van der Waals surface area contributed by atoms with Gasteiger partial charge < -0.3 is 14.8 Å². The molecule has 28 heavy (non-hydrogen) atoms. The summed E-state index contributed by atoms with van der Waals surface area (Å²) in [4.78, 5) is 40.5. The number of ketones is 1. The Bertz CT molecular complexity index is 1100. The number of rotatable bonds is 6. The van der Waals surface area contributed by atoms with E-state index in [2.05, 4.69) is 10.3 Å². The van der Waals surface area contributed by atoms with Gasteiger partial charge in [-0.15, -0.1) is 0 Å². The van der Waals surface area contributed by atoms with Crippen molar-refractivity contribution in [3.05, 3.63) is 58.6 Å². The van der Waals surface area contributed by atoms with Gasteiger partial charge in [0.05, 0.1) is 31.4 Å². The largest absolute Gasteiger partial charge is 0.493 e. The molecule has 0 bridgehead atoms. The van der Waals surface area contributed by atoms with Crippen molar-refractivity contribution in [3.8, 4) is 11.5 Å². The quantitative estimate of drug-likeness (QED) is 0.658. The normalized spacial score (nSPS) is 10.5. The van der Waals surface area contributed by atoms with Crippen LogP contribution in [0.15, 0.2) is 47.5 Å². The zero-order valence-electron chi connectivity index (χ0n) is 15.7. The Morgan fingerprint density at radius 2 is 1.71 bits per heavy atom. The molecule has 0 atom stereocenters. The fourth-order valence-electron chi connectivity index (χ4n) is 2.74. The average molecular weight is 381 g/mol. The number of fused-ring (bicyclic) bond motifs is 1. The lowest BCUT2D eigenvalue weighted by atomic mass is 10.1. The number of methoxy groups -OCH3 is 2. The van der Waals surface area contributed by atoms with Crippen LogP contribution in [0.25, 0.3) is 10.9 Å². The van der Waals surface area contributed by atoms with Gasteiger partial charge in [-0.2, -0.15) is 0 Å². The standard InChI is InChI=1S/C20H19N3O5/c1-12(24)13-4-6-14(7-5-13)22-19(25)10-23-11-21-16-9-18(28-3)17(27-2)8-15(16)20(23)26/h4-9,11H,10H2,1-3H3,(H,22,25). The molecule has 1 aromatic heterocycles. The predicted molar refractivity (Wildman–Crippen MR) is 104 cm³/mol. The molecule has 0 radical (unpaired) electrons. The number of nitrogens with one attached hydrogen (secondary N) is 1.